The van der Waals surface area contributed by atoms with Gasteiger partial charge in [-0.25, -0.2) is 13.1 Å². The van der Waals surface area contributed by atoms with Gasteiger partial charge in [0.05, 0.1) is 18.1 Å². The molecule has 0 saturated heterocycles. The third kappa shape index (κ3) is 5.61. The molecule has 2 rings (SSSR count). The first-order chi connectivity index (χ1) is 12.0. The highest BCUT2D eigenvalue weighted by molar-refractivity contribution is 7.89. The highest BCUT2D eigenvalue weighted by Crippen LogP contribution is 2.31. The van der Waals surface area contributed by atoms with Crippen molar-refractivity contribution in [2.45, 2.75) is 70.2 Å². The fraction of sp³-hybridized carbons (Fsp3) is 0.684. The number of sulfonamides is 1. The van der Waals surface area contributed by atoms with Crippen molar-refractivity contribution in [3.63, 3.8) is 0 Å². The molecule has 1 aromatic rings. The van der Waals surface area contributed by atoms with Crippen molar-refractivity contribution >= 4 is 10.0 Å². The van der Waals surface area contributed by atoms with Crippen LogP contribution >= 0.6 is 0 Å². The Morgan fingerprint density at radius 1 is 1.04 bits per heavy atom. The first-order valence-corrected chi connectivity index (χ1v) is 10.9. The van der Waals surface area contributed by atoms with Crippen LogP contribution in [0.1, 0.15) is 59.3 Å². The summed E-state index contributed by atoms with van der Waals surface area (Å²) in [6.45, 7) is 7.26. The predicted octanol–water partition coefficient (Wildman–Crippen LogP) is 4.12. The van der Waals surface area contributed by atoms with Gasteiger partial charge in [-0.3, -0.25) is 0 Å². The molecule has 0 aromatic heterocycles. The molecule has 1 saturated carbocycles. The molecule has 0 amide bonds. The lowest BCUT2D eigenvalue weighted by Crippen LogP contribution is -2.40. The van der Waals surface area contributed by atoms with Crippen LogP contribution < -0.4 is 14.2 Å². The minimum absolute atomic E-state index is 0.00905. The lowest BCUT2D eigenvalue weighted by Gasteiger charge is -2.29. The van der Waals surface area contributed by atoms with Crippen molar-refractivity contribution in [3.05, 3.63) is 18.2 Å². The summed E-state index contributed by atoms with van der Waals surface area (Å²) in [4.78, 5) is 0.236. The number of rotatable bonds is 9. The van der Waals surface area contributed by atoms with Gasteiger partial charge < -0.3 is 9.47 Å². The normalized spacial score (nSPS) is 21.1. The standard InChI is InChI=1S/C19H31NO4S/c1-4-12-23-18-11-10-16(14-19(18)24-13-5-2)25(21,22)20-17-9-7-6-8-15(17)3/h10-11,14-15,17,20H,4-9,12-13H2,1-3H3/t15-,17-/m1/s1. The molecule has 0 bridgehead atoms. The number of hydrogen-bond donors (Lipinski definition) is 1. The second kappa shape index (κ2) is 9.43. The molecule has 0 aliphatic heterocycles. The van der Waals surface area contributed by atoms with E-state index in [1.54, 1.807) is 18.2 Å². The van der Waals surface area contributed by atoms with E-state index < -0.39 is 10.0 Å². The highest BCUT2D eigenvalue weighted by Gasteiger charge is 2.27. The van der Waals surface area contributed by atoms with Crippen LogP contribution in [0.5, 0.6) is 11.5 Å². The minimum Gasteiger partial charge on any atom is -0.490 e. The zero-order valence-corrected chi connectivity index (χ0v) is 16.4. The Bertz CT molecular complexity index is 645. The Labute approximate surface area is 152 Å². The monoisotopic (exact) mass is 369 g/mol. The largest absolute Gasteiger partial charge is 0.490 e. The molecule has 0 radical (unpaired) electrons. The Morgan fingerprint density at radius 2 is 1.68 bits per heavy atom. The minimum atomic E-state index is -3.56. The van der Waals surface area contributed by atoms with Gasteiger partial charge in [0.1, 0.15) is 0 Å². The van der Waals surface area contributed by atoms with Gasteiger partial charge in [-0.2, -0.15) is 0 Å². The van der Waals surface area contributed by atoms with E-state index in [9.17, 15) is 8.42 Å². The van der Waals surface area contributed by atoms with Gasteiger partial charge in [0.15, 0.2) is 11.5 Å². The molecule has 1 aliphatic rings. The zero-order chi connectivity index (χ0) is 18.3. The van der Waals surface area contributed by atoms with Gasteiger partial charge in [0.25, 0.3) is 0 Å². The van der Waals surface area contributed by atoms with E-state index in [-0.39, 0.29) is 10.9 Å². The molecule has 5 nitrogen and oxygen atoms in total. The summed E-state index contributed by atoms with van der Waals surface area (Å²) in [6.07, 6.45) is 5.96. The SMILES string of the molecule is CCCOc1ccc(S(=O)(=O)N[C@@H]2CCCC[C@H]2C)cc1OCCC. The molecule has 0 spiro atoms. The number of nitrogens with one attached hydrogen (secondary N) is 1. The lowest BCUT2D eigenvalue weighted by atomic mass is 9.87. The second-order valence-corrected chi connectivity index (χ2v) is 8.51. The van der Waals surface area contributed by atoms with E-state index in [0.29, 0.717) is 30.6 Å². The van der Waals surface area contributed by atoms with Crippen molar-refractivity contribution < 1.29 is 17.9 Å². The molecular formula is C19H31NO4S. The molecule has 1 aliphatic carbocycles. The first-order valence-electron chi connectivity index (χ1n) is 9.40. The van der Waals surface area contributed by atoms with E-state index in [1.807, 2.05) is 13.8 Å². The van der Waals surface area contributed by atoms with Gasteiger partial charge >= 0.3 is 0 Å². The fourth-order valence-electron chi connectivity index (χ4n) is 3.07. The van der Waals surface area contributed by atoms with Crippen molar-refractivity contribution in [1.82, 2.24) is 4.72 Å². The third-order valence-electron chi connectivity index (χ3n) is 4.57. The van der Waals surface area contributed by atoms with Crippen LogP contribution in [-0.2, 0) is 10.0 Å². The molecule has 142 valence electrons. The van der Waals surface area contributed by atoms with Crippen LogP contribution in [-0.4, -0.2) is 27.7 Å². The number of benzene rings is 1. The smallest absolute Gasteiger partial charge is 0.240 e. The Kier molecular flexibility index (Phi) is 7.56. The summed E-state index contributed by atoms with van der Waals surface area (Å²) >= 11 is 0. The van der Waals surface area contributed by atoms with Crippen molar-refractivity contribution in [2.24, 2.45) is 5.92 Å². The number of ether oxygens (including phenoxy) is 2. The van der Waals surface area contributed by atoms with Crippen LogP contribution in [0, 0.1) is 5.92 Å². The van der Waals surface area contributed by atoms with E-state index in [0.717, 1.165) is 32.1 Å². The molecule has 1 fully saturated rings. The summed E-state index contributed by atoms with van der Waals surface area (Å²) in [6, 6.07) is 4.88. The van der Waals surface area contributed by atoms with Crippen LogP contribution in [0.4, 0.5) is 0 Å². The van der Waals surface area contributed by atoms with E-state index >= 15 is 0 Å². The van der Waals surface area contributed by atoms with Crippen LogP contribution in [0.2, 0.25) is 0 Å². The van der Waals surface area contributed by atoms with Crippen LogP contribution in [0.3, 0.4) is 0 Å². The zero-order valence-electron chi connectivity index (χ0n) is 15.6. The second-order valence-electron chi connectivity index (χ2n) is 6.79. The topological polar surface area (TPSA) is 64.6 Å². The summed E-state index contributed by atoms with van der Waals surface area (Å²) in [5, 5.41) is 0. The van der Waals surface area contributed by atoms with Crippen LogP contribution in [0.15, 0.2) is 23.1 Å². The maximum absolute atomic E-state index is 12.8. The molecule has 0 unspecified atom stereocenters. The van der Waals surface area contributed by atoms with E-state index in [2.05, 4.69) is 11.6 Å². The van der Waals surface area contributed by atoms with Crippen molar-refractivity contribution in [2.75, 3.05) is 13.2 Å². The van der Waals surface area contributed by atoms with Crippen molar-refractivity contribution in [1.29, 1.82) is 0 Å². The quantitative estimate of drug-likeness (QED) is 0.711. The average Bonchev–Trinajstić information content (AvgIpc) is 2.60. The maximum Gasteiger partial charge on any atom is 0.240 e. The predicted molar refractivity (Wildman–Crippen MR) is 99.8 cm³/mol. The summed E-state index contributed by atoms with van der Waals surface area (Å²) in [7, 11) is -3.56. The maximum atomic E-state index is 12.8. The molecule has 1 N–H and O–H groups in total. The number of hydrogen-bond acceptors (Lipinski definition) is 4. The summed E-state index contributed by atoms with van der Waals surface area (Å²) in [5.41, 5.74) is 0. The molecule has 25 heavy (non-hydrogen) atoms. The van der Waals surface area contributed by atoms with E-state index in [1.165, 1.54) is 6.42 Å². The third-order valence-corrected chi connectivity index (χ3v) is 6.05. The van der Waals surface area contributed by atoms with Gasteiger partial charge in [-0.1, -0.05) is 33.6 Å². The van der Waals surface area contributed by atoms with Gasteiger partial charge in [-0.15, -0.1) is 0 Å². The lowest BCUT2D eigenvalue weighted by molar-refractivity contribution is 0.267. The highest BCUT2D eigenvalue weighted by atomic mass is 32.2. The Hall–Kier alpha value is -1.27. The molecule has 6 heteroatoms. The van der Waals surface area contributed by atoms with Crippen LogP contribution in [0.25, 0.3) is 0 Å². The fourth-order valence-corrected chi connectivity index (χ4v) is 4.46. The molecule has 2 atom stereocenters. The van der Waals surface area contributed by atoms with Gasteiger partial charge in [0, 0.05) is 12.1 Å². The summed E-state index contributed by atoms with van der Waals surface area (Å²) in [5.74, 6) is 1.46. The molecule has 1 aromatic carbocycles. The van der Waals surface area contributed by atoms with Gasteiger partial charge in [-0.05, 0) is 43.7 Å². The first kappa shape index (κ1) is 20.0. The molecular weight excluding hydrogens is 338 g/mol. The Morgan fingerprint density at radius 3 is 2.32 bits per heavy atom. The van der Waals surface area contributed by atoms with Crippen molar-refractivity contribution in [3.8, 4) is 11.5 Å². The average molecular weight is 370 g/mol. The summed E-state index contributed by atoms with van der Waals surface area (Å²) < 4.78 is 39.9. The molecule has 0 heterocycles. The van der Waals surface area contributed by atoms with Gasteiger partial charge in [0.2, 0.25) is 10.0 Å². The Balaban J connectivity index is 2.20. The van der Waals surface area contributed by atoms with E-state index in [4.69, 9.17) is 9.47 Å².